The number of halogens is 1. The van der Waals surface area contributed by atoms with Gasteiger partial charge in [0.2, 0.25) is 0 Å². The second kappa shape index (κ2) is 7.01. The van der Waals surface area contributed by atoms with E-state index in [2.05, 4.69) is 10.2 Å². The van der Waals surface area contributed by atoms with E-state index in [1.54, 1.807) is 13.0 Å². The monoisotopic (exact) mass is 328 g/mol. The van der Waals surface area contributed by atoms with Gasteiger partial charge in [-0.15, -0.1) is 0 Å². The Kier molecular flexibility index (Phi) is 4.81. The molecule has 2 N–H and O–H groups in total. The van der Waals surface area contributed by atoms with E-state index in [9.17, 15) is 14.3 Å². The molecule has 0 aliphatic carbocycles. The van der Waals surface area contributed by atoms with Crippen LogP contribution in [0.15, 0.2) is 42.5 Å². The van der Waals surface area contributed by atoms with Crippen LogP contribution in [0.3, 0.4) is 0 Å². The summed E-state index contributed by atoms with van der Waals surface area (Å²) in [6.07, 6.45) is 1.20. The largest absolute Gasteiger partial charge is 0.393 e. The number of aliphatic hydroxyl groups is 1. The predicted molar refractivity (Wildman–Crippen MR) is 93.0 cm³/mol. The standard InChI is InChI=1S/C19H21FN2O2/c1-13-12-14(6-7-16(13)20)19(24)21-17-4-2-3-5-18(17)22-10-8-15(23)9-11-22/h2-7,12,15,23H,8-11H2,1H3,(H,21,24). The molecule has 5 heteroatoms. The maximum atomic E-state index is 13.4. The lowest BCUT2D eigenvalue weighted by Gasteiger charge is -2.32. The highest BCUT2D eigenvalue weighted by molar-refractivity contribution is 6.06. The van der Waals surface area contributed by atoms with E-state index in [1.165, 1.54) is 12.1 Å². The molecule has 0 bridgehead atoms. The number of hydrogen-bond donors (Lipinski definition) is 2. The molecule has 0 aromatic heterocycles. The molecule has 1 aliphatic rings. The zero-order chi connectivity index (χ0) is 17.1. The molecule has 2 aromatic carbocycles. The number of benzene rings is 2. The molecule has 0 unspecified atom stereocenters. The van der Waals surface area contributed by atoms with Gasteiger partial charge in [-0.05, 0) is 55.7 Å². The van der Waals surface area contributed by atoms with Crippen molar-refractivity contribution in [2.75, 3.05) is 23.3 Å². The molecule has 126 valence electrons. The first kappa shape index (κ1) is 16.5. The van der Waals surface area contributed by atoms with Crippen molar-refractivity contribution in [2.45, 2.75) is 25.9 Å². The number of rotatable bonds is 3. The number of hydrogen-bond acceptors (Lipinski definition) is 3. The van der Waals surface area contributed by atoms with Crippen LogP contribution >= 0.6 is 0 Å². The van der Waals surface area contributed by atoms with Crippen molar-refractivity contribution in [2.24, 2.45) is 0 Å². The minimum absolute atomic E-state index is 0.245. The van der Waals surface area contributed by atoms with E-state index in [0.29, 0.717) is 11.1 Å². The van der Waals surface area contributed by atoms with Crippen molar-refractivity contribution >= 4 is 17.3 Å². The van der Waals surface area contributed by atoms with E-state index < -0.39 is 0 Å². The van der Waals surface area contributed by atoms with Gasteiger partial charge in [0.25, 0.3) is 5.91 Å². The molecule has 0 radical (unpaired) electrons. The van der Waals surface area contributed by atoms with Gasteiger partial charge < -0.3 is 15.3 Å². The summed E-state index contributed by atoms with van der Waals surface area (Å²) in [4.78, 5) is 14.6. The maximum Gasteiger partial charge on any atom is 0.255 e. The molecule has 1 amide bonds. The second-order valence-corrected chi connectivity index (χ2v) is 6.15. The van der Waals surface area contributed by atoms with Crippen LogP contribution in [0.1, 0.15) is 28.8 Å². The fraction of sp³-hybridized carbons (Fsp3) is 0.316. The molecular weight excluding hydrogens is 307 g/mol. The fourth-order valence-electron chi connectivity index (χ4n) is 2.94. The molecular formula is C19H21FN2O2. The molecule has 0 saturated carbocycles. The number of nitrogens with zero attached hydrogens (tertiary/aromatic N) is 1. The van der Waals surface area contributed by atoms with Crippen molar-refractivity contribution in [3.05, 3.63) is 59.4 Å². The highest BCUT2D eigenvalue weighted by atomic mass is 19.1. The molecule has 0 spiro atoms. The summed E-state index contributed by atoms with van der Waals surface area (Å²) in [7, 11) is 0. The number of para-hydroxylation sites is 2. The zero-order valence-electron chi connectivity index (χ0n) is 13.6. The van der Waals surface area contributed by atoms with E-state index >= 15 is 0 Å². The number of nitrogens with one attached hydrogen (secondary N) is 1. The third-order valence-electron chi connectivity index (χ3n) is 4.38. The Balaban J connectivity index is 1.80. The maximum absolute atomic E-state index is 13.4. The van der Waals surface area contributed by atoms with Crippen molar-refractivity contribution in [3.8, 4) is 0 Å². The molecule has 1 heterocycles. The Morgan fingerprint density at radius 3 is 2.62 bits per heavy atom. The predicted octanol–water partition coefficient (Wildman–Crippen LogP) is 3.35. The summed E-state index contributed by atoms with van der Waals surface area (Å²) in [5, 5.41) is 12.6. The smallest absolute Gasteiger partial charge is 0.255 e. The lowest BCUT2D eigenvalue weighted by molar-refractivity contribution is 0.102. The number of aliphatic hydroxyl groups excluding tert-OH is 1. The van der Waals surface area contributed by atoms with Crippen molar-refractivity contribution in [1.82, 2.24) is 0 Å². The topological polar surface area (TPSA) is 52.6 Å². The first-order chi connectivity index (χ1) is 11.5. The number of anilines is 2. The summed E-state index contributed by atoms with van der Waals surface area (Å²) < 4.78 is 13.4. The molecule has 4 nitrogen and oxygen atoms in total. The van der Waals surface area contributed by atoms with Crippen LogP contribution in [0, 0.1) is 12.7 Å². The van der Waals surface area contributed by atoms with Crippen molar-refractivity contribution in [1.29, 1.82) is 0 Å². The molecule has 24 heavy (non-hydrogen) atoms. The van der Waals surface area contributed by atoms with Gasteiger partial charge in [0.15, 0.2) is 0 Å². The van der Waals surface area contributed by atoms with E-state index in [4.69, 9.17) is 0 Å². The SMILES string of the molecule is Cc1cc(C(=O)Nc2ccccc2N2CCC(O)CC2)ccc1F. The Labute approximate surface area is 140 Å². The van der Waals surface area contributed by atoms with Crippen molar-refractivity contribution < 1.29 is 14.3 Å². The summed E-state index contributed by atoms with van der Waals surface area (Å²) >= 11 is 0. The van der Waals surface area contributed by atoms with E-state index in [1.807, 2.05) is 24.3 Å². The zero-order valence-corrected chi connectivity index (χ0v) is 13.6. The summed E-state index contributed by atoms with van der Waals surface area (Å²) in [6, 6.07) is 12.0. The minimum atomic E-state index is -0.321. The third kappa shape index (κ3) is 3.57. The van der Waals surface area contributed by atoms with Gasteiger partial charge in [0, 0.05) is 18.7 Å². The van der Waals surface area contributed by atoms with Crippen LogP contribution < -0.4 is 10.2 Å². The van der Waals surface area contributed by atoms with Crippen LogP contribution in [0.4, 0.5) is 15.8 Å². The van der Waals surface area contributed by atoms with Gasteiger partial charge in [-0.2, -0.15) is 0 Å². The number of piperidine rings is 1. The van der Waals surface area contributed by atoms with E-state index in [-0.39, 0.29) is 17.8 Å². The van der Waals surface area contributed by atoms with Gasteiger partial charge in [0.05, 0.1) is 17.5 Å². The third-order valence-corrected chi connectivity index (χ3v) is 4.38. The average Bonchev–Trinajstić information content (AvgIpc) is 2.58. The molecule has 2 aromatic rings. The first-order valence-corrected chi connectivity index (χ1v) is 8.14. The molecule has 1 aliphatic heterocycles. The van der Waals surface area contributed by atoms with E-state index in [0.717, 1.165) is 37.3 Å². The quantitative estimate of drug-likeness (QED) is 0.908. The van der Waals surface area contributed by atoms with Gasteiger partial charge >= 0.3 is 0 Å². The minimum Gasteiger partial charge on any atom is -0.393 e. The van der Waals surface area contributed by atoms with Crippen molar-refractivity contribution in [3.63, 3.8) is 0 Å². The molecule has 3 rings (SSSR count). The van der Waals surface area contributed by atoms with Gasteiger partial charge in [-0.3, -0.25) is 4.79 Å². The van der Waals surface area contributed by atoms with Crippen LogP contribution in [0.2, 0.25) is 0 Å². The van der Waals surface area contributed by atoms with Crippen LogP contribution in [0.5, 0.6) is 0 Å². The summed E-state index contributed by atoms with van der Waals surface area (Å²) in [5.41, 5.74) is 2.54. The highest BCUT2D eigenvalue weighted by Crippen LogP contribution is 2.28. The van der Waals surface area contributed by atoms with Gasteiger partial charge in [0.1, 0.15) is 5.82 Å². The molecule has 0 atom stereocenters. The second-order valence-electron chi connectivity index (χ2n) is 6.15. The van der Waals surface area contributed by atoms with Gasteiger partial charge in [-0.25, -0.2) is 4.39 Å². The van der Waals surface area contributed by atoms with Gasteiger partial charge in [-0.1, -0.05) is 12.1 Å². The lowest BCUT2D eigenvalue weighted by atomic mass is 10.1. The number of carbonyl (C=O) groups excluding carboxylic acids is 1. The Morgan fingerprint density at radius 2 is 1.92 bits per heavy atom. The number of aryl methyl sites for hydroxylation is 1. The molecule has 1 fully saturated rings. The van der Waals surface area contributed by atoms with Crippen LogP contribution in [-0.4, -0.2) is 30.2 Å². The van der Waals surface area contributed by atoms with Crippen LogP contribution in [0.25, 0.3) is 0 Å². The Morgan fingerprint density at radius 1 is 1.21 bits per heavy atom. The number of amides is 1. The summed E-state index contributed by atoms with van der Waals surface area (Å²) in [5.74, 6) is -0.582. The van der Waals surface area contributed by atoms with Crippen LogP contribution in [-0.2, 0) is 0 Å². The number of carbonyl (C=O) groups is 1. The Bertz CT molecular complexity index is 740. The normalized spacial score (nSPS) is 15.4. The average molecular weight is 328 g/mol. The molecule has 1 saturated heterocycles. The lowest BCUT2D eigenvalue weighted by Crippen LogP contribution is -2.36. The fourth-order valence-corrected chi connectivity index (χ4v) is 2.94. The highest BCUT2D eigenvalue weighted by Gasteiger charge is 2.20. The first-order valence-electron chi connectivity index (χ1n) is 8.14. The Hall–Kier alpha value is -2.40. The summed E-state index contributed by atoms with van der Waals surface area (Å²) in [6.45, 7) is 3.15.